The van der Waals surface area contributed by atoms with E-state index in [9.17, 15) is 0 Å². The van der Waals surface area contributed by atoms with E-state index in [4.69, 9.17) is 16.7 Å². The summed E-state index contributed by atoms with van der Waals surface area (Å²) < 4.78 is 0. The van der Waals surface area contributed by atoms with E-state index in [1.54, 1.807) is 6.92 Å². The van der Waals surface area contributed by atoms with Crippen LogP contribution in [0.5, 0.6) is 0 Å². The Bertz CT molecular complexity index is 97.4. The molecule has 0 aromatic heterocycles. The first kappa shape index (κ1) is 8.35. The summed E-state index contributed by atoms with van der Waals surface area (Å²) in [6.07, 6.45) is 4.66. The molecule has 0 heterocycles. The highest BCUT2D eigenvalue weighted by Crippen LogP contribution is 2.31. The Hall–Kier alpha value is 0.250. The minimum Gasteiger partial charge on any atom is -0.392 e. The highest BCUT2D eigenvalue weighted by molar-refractivity contribution is 6.21. The van der Waals surface area contributed by atoms with Gasteiger partial charge in [0.15, 0.2) is 0 Å². The molecule has 1 fully saturated rings. The molecule has 1 rings (SSSR count). The second-order valence-electron chi connectivity index (χ2n) is 3.23. The quantitative estimate of drug-likeness (QED) is 0.618. The standard InChI is InChI=1S/C8H15ClO/c1-6(10)8(9)7-4-2-3-5-7/h6-8,10H,2-5H2,1H3. The molecule has 1 aliphatic rings. The van der Waals surface area contributed by atoms with Gasteiger partial charge in [0.2, 0.25) is 0 Å². The van der Waals surface area contributed by atoms with Gasteiger partial charge < -0.3 is 5.11 Å². The van der Waals surface area contributed by atoms with Crippen LogP contribution in [0.25, 0.3) is 0 Å². The Morgan fingerprint density at radius 3 is 2.30 bits per heavy atom. The van der Waals surface area contributed by atoms with Gasteiger partial charge in [0, 0.05) is 0 Å². The fraction of sp³-hybridized carbons (Fsp3) is 1.00. The molecule has 0 aromatic carbocycles. The third-order valence-electron chi connectivity index (χ3n) is 2.31. The maximum absolute atomic E-state index is 9.15. The van der Waals surface area contributed by atoms with Crippen molar-refractivity contribution in [3.05, 3.63) is 0 Å². The zero-order chi connectivity index (χ0) is 7.56. The van der Waals surface area contributed by atoms with Crippen LogP contribution >= 0.6 is 11.6 Å². The van der Waals surface area contributed by atoms with Crippen LogP contribution in [-0.2, 0) is 0 Å². The van der Waals surface area contributed by atoms with Crippen LogP contribution in [0, 0.1) is 5.92 Å². The lowest BCUT2D eigenvalue weighted by Gasteiger charge is -2.18. The van der Waals surface area contributed by atoms with E-state index in [1.165, 1.54) is 25.7 Å². The summed E-state index contributed by atoms with van der Waals surface area (Å²) in [5, 5.41) is 9.14. The second kappa shape index (κ2) is 3.59. The van der Waals surface area contributed by atoms with E-state index >= 15 is 0 Å². The average Bonchev–Trinajstić information content (AvgIpc) is 2.36. The average molecular weight is 163 g/mol. The molecule has 0 aliphatic heterocycles. The summed E-state index contributed by atoms with van der Waals surface area (Å²) in [6.45, 7) is 1.77. The van der Waals surface area contributed by atoms with E-state index in [0.717, 1.165) is 0 Å². The van der Waals surface area contributed by atoms with E-state index in [-0.39, 0.29) is 11.5 Å². The molecule has 0 bridgehead atoms. The molecule has 1 nitrogen and oxygen atoms in total. The van der Waals surface area contributed by atoms with Gasteiger partial charge >= 0.3 is 0 Å². The Balaban J connectivity index is 2.32. The lowest BCUT2D eigenvalue weighted by atomic mass is 10.0. The molecule has 0 amide bonds. The lowest BCUT2D eigenvalue weighted by molar-refractivity contribution is 0.166. The van der Waals surface area contributed by atoms with Crippen LogP contribution in [0.4, 0.5) is 0 Å². The van der Waals surface area contributed by atoms with Crippen molar-refractivity contribution in [3.63, 3.8) is 0 Å². The van der Waals surface area contributed by atoms with Gasteiger partial charge in [0.25, 0.3) is 0 Å². The largest absolute Gasteiger partial charge is 0.392 e. The maximum atomic E-state index is 9.15. The van der Waals surface area contributed by atoms with Crippen molar-refractivity contribution in [2.24, 2.45) is 5.92 Å². The molecule has 10 heavy (non-hydrogen) atoms. The zero-order valence-corrected chi connectivity index (χ0v) is 7.14. The molecule has 0 radical (unpaired) electrons. The van der Waals surface area contributed by atoms with E-state index < -0.39 is 0 Å². The number of aliphatic hydroxyl groups excluding tert-OH is 1. The molecule has 2 atom stereocenters. The number of rotatable bonds is 2. The molecular formula is C8H15ClO. The molecule has 2 heteroatoms. The smallest absolute Gasteiger partial charge is 0.0678 e. The van der Waals surface area contributed by atoms with Gasteiger partial charge in [-0.05, 0) is 25.7 Å². The molecule has 1 aliphatic carbocycles. The first-order chi connectivity index (χ1) is 4.72. The van der Waals surface area contributed by atoms with Crippen molar-refractivity contribution in [1.82, 2.24) is 0 Å². The van der Waals surface area contributed by atoms with Crippen molar-refractivity contribution < 1.29 is 5.11 Å². The van der Waals surface area contributed by atoms with Crippen molar-refractivity contribution >= 4 is 11.6 Å². The Kier molecular flexibility index (Phi) is 2.99. The third-order valence-corrected chi connectivity index (χ3v) is 3.03. The predicted octanol–water partition coefficient (Wildman–Crippen LogP) is 2.16. The van der Waals surface area contributed by atoms with E-state index in [2.05, 4.69) is 0 Å². The van der Waals surface area contributed by atoms with E-state index in [0.29, 0.717) is 5.92 Å². The van der Waals surface area contributed by atoms with Crippen molar-refractivity contribution in [1.29, 1.82) is 0 Å². The highest BCUT2D eigenvalue weighted by atomic mass is 35.5. The molecule has 1 N–H and O–H groups in total. The fourth-order valence-corrected chi connectivity index (χ4v) is 1.92. The monoisotopic (exact) mass is 162 g/mol. The van der Waals surface area contributed by atoms with Gasteiger partial charge in [-0.25, -0.2) is 0 Å². The lowest BCUT2D eigenvalue weighted by Crippen LogP contribution is -2.24. The van der Waals surface area contributed by atoms with Crippen molar-refractivity contribution in [3.8, 4) is 0 Å². The summed E-state index contributed by atoms with van der Waals surface area (Å²) in [5.41, 5.74) is 0. The molecule has 0 spiro atoms. The molecule has 60 valence electrons. The SMILES string of the molecule is CC(O)C(Cl)C1CCCC1. The topological polar surface area (TPSA) is 20.2 Å². The Morgan fingerprint density at radius 1 is 1.40 bits per heavy atom. The number of halogens is 1. The number of hydrogen-bond donors (Lipinski definition) is 1. The number of hydrogen-bond acceptors (Lipinski definition) is 1. The molecule has 0 saturated heterocycles. The van der Waals surface area contributed by atoms with Gasteiger partial charge in [-0.1, -0.05) is 12.8 Å². The van der Waals surface area contributed by atoms with Crippen molar-refractivity contribution in [2.45, 2.75) is 44.1 Å². The number of aliphatic hydroxyl groups is 1. The summed E-state index contributed by atoms with van der Waals surface area (Å²) in [5.74, 6) is 0.571. The first-order valence-electron chi connectivity index (χ1n) is 4.04. The van der Waals surface area contributed by atoms with Gasteiger partial charge in [-0.2, -0.15) is 0 Å². The zero-order valence-electron chi connectivity index (χ0n) is 6.39. The van der Waals surface area contributed by atoms with Crippen LogP contribution < -0.4 is 0 Å². The second-order valence-corrected chi connectivity index (χ2v) is 3.73. The number of alkyl halides is 1. The minimum atomic E-state index is -0.343. The third kappa shape index (κ3) is 1.86. The van der Waals surface area contributed by atoms with Crippen molar-refractivity contribution in [2.75, 3.05) is 0 Å². The van der Waals surface area contributed by atoms with Crippen LogP contribution in [0.15, 0.2) is 0 Å². The summed E-state index contributed by atoms with van der Waals surface area (Å²) in [4.78, 5) is 0. The Morgan fingerprint density at radius 2 is 1.90 bits per heavy atom. The van der Waals surface area contributed by atoms with Crippen LogP contribution in [0.3, 0.4) is 0 Å². The van der Waals surface area contributed by atoms with Gasteiger partial charge in [-0.15, -0.1) is 11.6 Å². The normalized spacial score (nSPS) is 26.7. The van der Waals surface area contributed by atoms with Crippen LogP contribution in [-0.4, -0.2) is 16.6 Å². The molecular weight excluding hydrogens is 148 g/mol. The molecule has 1 saturated carbocycles. The minimum absolute atomic E-state index is 0.0116. The summed E-state index contributed by atoms with van der Waals surface area (Å²) >= 11 is 5.97. The highest BCUT2D eigenvalue weighted by Gasteiger charge is 2.26. The predicted molar refractivity (Wildman–Crippen MR) is 43.3 cm³/mol. The molecule has 0 aromatic rings. The first-order valence-corrected chi connectivity index (χ1v) is 4.47. The summed E-state index contributed by atoms with van der Waals surface area (Å²) in [7, 11) is 0. The Labute approximate surface area is 67.4 Å². The van der Waals surface area contributed by atoms with Gasteiger partial charge in [-0.3, -0.25) is 0 Å². The summed E-state index contributed by atoms with van der Waals surface area (Å²) in [6, 6.07) is 0. The maximum Gasteiger partial charge on any atom is 0.0678 e. The van der Waals surface area contributed by atoms with Crippen LogP contribution in [0.1, 0.15) is 32.6 Å². The van der Waals surface area contributed by atoms with Gasteiger partial charge in [0.05, 0.1) is 11.5 Å². The molecule has 2 unspecified atom stereocenters. The van der Waals surface area contributed by atoms with Crippen LogP contribution in [0.2, 0.25) is 0 Å². The van der Waals surface area contributed by atoms with E-state index in [1.807, 2.05) is 0 Å². The van der Waals surface area contributed by atoms with Gasteiger partial charge in [0.1, 0.15) is 0 Å². The fourth-order valence-electron chi connectivity index (χ4n) is 1.67.